The summed E-state index contributed by atoms with van der Waals surface area (Å²) in [5.74, 6) is 0.233. The fourth-order valence-corrected chi connectivity index (χ4v) is 2.54. The number of rotatable bonds is 6. The average Bonchev–Trinajstić information content (AvgIpc) is 2.36. The van der Waals surface area contributed by atoms with Gasteiger partial charge in [-0.15, -0.1) is 0 Å². The predicted molar refractivity (Wildman–Crippen MR) is 67.0 cm³/mol. The Labute approximate surface area is 104 Å². The maximum Gasteiger partial charge on any atom is 0.306 e. The molecule has 0 radical (unpaired) electrons. The monoisotopic (exact) mass is 255 g/mol. The smallest absolute Gasteiger partial charge is 0.306 e. The maximum absolute atomic E-state index is 11.9. The Morgan fingerprint density at radius 3 is 2.94 bits per heavy atom. The summed E-state index contributed by atoms with van der Waals surface area (Å²) in [6, 6.07) is 3.81. The van der Waals surface area contributed by atoms with E-state index in [1.807, 2.05) is 12.1 Å². The summed E-state index contributed by atoms with van der Waals surface area (Å²) < 4.78 is 16.4. The first-order valence-corrected chi connectivity index (χ1v) is 6.84. The fraction of sp³-hybridized carbons (Fsp3) is 0.500. The number of carbonyl (C=O) groups is 1. The summed E-state index contributed by atoms with van der Waals surface area (Å²) in [7, 11) is 0.325. The second-order valence-electron chi connectivity index (χ2n) is 3.79. The molecule has 0 aliphatic rings. The number of aryl methyl sites for hydroxylation is 1. The largest absolute Gasteiger partial charge is 0.469 e. The normalized spacial score (nSPS) is 14.0. The number of carbonyl (C=O) groups excluding carboxylic acids is 1. The molecule has 0 fully saturated rings. The van der Waals surface area contributed by atoms with Crippen LogP contribution in [0.5, 0.6) is 0 Å². The molecule has 0 N–H and O–H groups in total. The van der Waals surface area contributed by atoms with Gasteiger partial charge in [-0.2, -0.15) is 0 Å². The van der Waals surface area contributed by atoms with Gasteiger partial charge in [-0.25, -0.2) is 0 Å². The lowest BCUT2D eigenvalue weighted by atomic mass is 10.2. The molecule has 2 atom stereocenters. The van der Waals surface area contributed by atoms with Crippen LogP contribution in [0.1, 0.15) is 18.9 Å². The van der Waals surface area contributed by atoms with Crippen LogP contribution in [0, 0.1) is 0 Å². The molecular weight excluding hydrogens is 238 g/mol. The van der Waals surface area contributed by atoms with Crippen LogP contribution in [0.15, 0.2) is 24.5 Å². The van der Waals surface area contributed by atoms with Gasteiger partial charge in [-0.05, 0) is 18.1 Å². The average molecular weight is 255 g/mol. The highest BCUT2D eigenvalue weighted by molar-refractivity contribution is 7.85. The maximum atomic E-state index is 11.9. The third-order valence-electron chi connectivity index (χ3n) is 2.45. The minimum absolute atomic E-state index is 0.167. The van der Waals surface area contributed by atoms with E-state index in [0.29, 0.717) is 12.2 Å². The van der Waals surface area contributed by atoms with Crippen LogP contribution in [-0.4, -0.2) is 33.3 Å². The van der Waals surface area contributed by atoms with Gasteiger partial charge in [0, 0.05) is 34.2 Å². The summed E-state index contributed by atoms with van der Waals surface area (Å²) in [6.07, 6.45) is 4.39. The molecule has 0 aromatic carbocycles. The van der Waals surface area contributed by atoms with Crippen molar-refractivity contribution in [1.82, 2.24) is 4.98 Å². The molecule has 5 heteroatoms. The Morgan fingerprint density at radius 2 is 2.35 bits per heavy atom. The lowest BCUT2D eigenvalue weighted by Gasteiger charge is -2.09. The number of ether oxygens (including phenoxy) is 1. The first-order chi connectivity index (χ1) is 8.13. The van der Waals surface area contributed by atoms with E-state index in [2.05, 4.69) is 9.72 Å². The van der Waals surface area contributed by atoms with E-state index in [0.717, 1.165) is 5.56 Å². The minimum atomic E-state index is -1.02. The molecule has 0 aliphatic heterocycles. The molecule has 0 saturated carbocycles. The van der Waals surface area contributed by atoms with E-state index in [1.165, 1.54) is 7.11 Å². The number of aromatic nitrogens is 1. The van der Waals surface area contributed by atoms with Crippen LogP contribution in [0.2, 0.25) is 0 Å². The van der Waals surface area contributed by atoms with Crippen LogP contribution in [0.25, 0.3) is 0 Å². The van der Waals surface area contributed by atoms with E-state index in [9.17, 15) is 9.00 Å². The van der Waals surface area contributed by atoms with Crippen LogP contribution in [0.3, 0.4) is 0 Å². The van der Waals surface area contributed by atoms with Gasteiger partial charge in [0.15, 0.2) is 0 Å². The van der Waals surface area contributed by atoms with Gasteiger partial charge >= 0.3 is 5.97 Å². The van der Waals surface area contributed by atoms with Gasteiger partial charge in [0.1, 0.15) is 0 Å². The van der Waals surface area contributed by atoms with Crippen LogP contribution < -0.4 is 0 Å². The van der Waals surface area contributed by atoms with Crippen LogP contribution in [-0.2, 0) is 26.8 Å². The predicted octanol–water partition coefficient (Wildman–Crippen LogP) is 1.32. The SMILES string of the molecule is COC(=O)CC(C)S(=O)CCc1cccnc1. The lowest BCUT2D eigenvalue weighted by molar-refractivity contribution is -0.140. The zero-order valence-corrected chi connectivity index (χ0v) is 10.9. The fourth-order valence-electron chi connectivity index (χ4n) is 1.38. The molecule has 2 unspecified atom stereocenters. The zero-order valence-electron chi connectivity index (χ0n) is 10.1. The van der Waals surface area contributed by atoms with Crippen molar-refractivity contribution in [3.8, 4) is 0 Å². The third kappa shape index (κ3) is 5.08. The molecule has 1 heterocycles. The Morgan fingerprint density at radius 1 is 1.59 bits per heavy atom. The van der Waals surface area contributed by atoms with E-state index in [1.54, 1.807) is 19.3 Å². The van der Waals surface area contributed by atoms with Gasteiger partial charge < -0.3 is 4.74 Å². The van der Waals surface area contributed by atoms with Crippen molar-refractivity contribution >= 4 is 16.8 Å². The lowest BCUT2D eigenvalue weighted by Crippen LogP contribution is -2.20. The number of nitrogens with zero attached hydrogens (tertiary/aromatic N) is 1. The van der Waals surface area contributed by atoms with Gasteiger partial charge in [0.2, 0.25) is 0 Å². The molecule has 0 bridgehead atoms. The van der Waals surface area contributed by atoms with Crippen molar-refractivity contribution in [2.75, 3.05) is 12.9 Å². The van der Waals surface area contributed by atoms with E-state index in [-0.39, 0.29) is 17.6 Å². The number of hydrogen-bond donors (Lipinski definition) is 0. The highest BCUT2D eigenvalue weighted by Crippen LogP contribution is 2.06. The molecule has 0 amide bonds. The molecule has 17 heavy (non-hydrogen) atoms. The molecule has 94 valence electrons. The van der Waals surface area contributed by atoms with Gasteiger partial charge in [-0.1, -0.05) is 13.0 Å². The summed E-state index contributed by atoms with van der Waals surface area (Å²) in [5.41, 5.74) is 1.06. The first kappa shape index (κ1) is 13.8. The van der Waals surface area contributed by atoms with E-state index >= 15 is 0 Å². The number of pyridine rings is 1. The minimum Gasteiger partial charge on any atom is -0.469 e. The summed E-state index contributed by atoms with van der Waals surface area (Å²) >= 11 is 0. The van der Waals surface area contributed by atoms with Crippen molar-refractivity contribution in [3.63, 3.8) is 0 Å². The summed E-state index contributed by atoms with van der Waals surface area (Å²) in [5, 5.41) is -0.167. The van der Waals surface area contributed by atoms with Gasteiger partial charge in [0.05, 0.1) is 13.5 Å². The molecule has 1 rings (SSSR count). The topological polar surface area (TPSA) is 56.3 Å². The Kier molecular flexibility index (Phi) is 5.83. The summed E-state index contributed by atoms with van der Waals surface area (Å²) in [6.45, 7) is 1.80. The second-order valence-corrected chi connectivity index (χ2v) is 5.76. The highest BCUT2D eigenvalue weighted by atomic mass is 32.2. The van der Waals surface area contributed by atoms with Crippen molar-refractivity contribution in [3.05, 3.63) is 30.1 Å². The zero-order chi connectivity index (χ0) is 12.7. The summed E-state index contributed by atoms with van der Waals surface area (Å²) in [4.78, 5) is 15.0. The van der Waals surface area contributed by atoms with E-state index in [4.69, 9.17) is 0 Å². The Bertz CT molecular complexity index is 381. The quantitative estimate of drug-likeness (QED) is 0.719. The molecule has 1 aromatic heterocycles. The molecule has 0 aliphatic carbocycles. The number of hydrogen-bond acceptors (Lipinski definition) is 4. The van der Waals surface area contributed by atoms with Crippen molar-refractivity contribution in [1.29, 1.82) is 0 Å². The number of methoxy groups -OCH3 is 1. The molecule has 0 saturated heterocycles. The standard InChI is InChI=1S/C12H17NO3S/c1-10(8-12(14)16-2)17(15)7-5-11-4-3-6-13-9-11/h3-4,6,9-10H,5,7-8H2,1-2H3. The van der Waals surface area contributed by atoms with Crippen molar-refractivity contribution < 1.29 is 13.7 Å². The van der Waals surface area contributed by atoms with E-state index < -0.39 is 10.8 Å². The van der Waals surface area contributed by atoms with Gasteiger partial charge in [0.25, 0.3) is 0 Å². The molecular formula is C12H17NO3S. The van der Waals surface area contributed by atoms with Gasteiger partial charge in [-0.3, -0.25) is 14.0 Å². The Hall–Kier alpha value is -1.23. The molecule has 4 nitrogen and oxygen atoms in total. The molecule has 0 spiro atoms. The van der Waals surface area contributed by atoms with Crippen LogP contribution in [0.4, 0.5) is 0 Å². The van der Waals surface area contributed by atoms with Crippen LogP contribution >= 0.6 is 0 Å². The van der Waals surface area contributed by atoms with Crippen molar-refractivity contribution in [2.45, 2.75) is 25.0 Å². The molecule has 1 aromatic rings. The third-order valence-corrected chi connectivity index (χ3v) is 4.12. The number of esters is 1. The van der Waals surface area contributed by atoms with Crippen molar-refractivity contribution in [2.24, 2.45) is 0 Å². The Balaban J connectivity index is 2.37. The second kappa shape index (κ2) is 7.17. The first-order valence-electron chi connectivity index (χ1n) is 5.46. The highest BCUT2D eigenvalue weighted by Gasteiger charge is 2.15.